The molecule has 0 N–H and O–H groups in total. The van der Waals surface area contributed by atoms with E-state index >= 15 is 0 Å². The molecule has 12 rings (SSSR count). The van der Waals surface area contributed by atoms with E-state index in [2.05, 4.69) is 198 Å². The maximum absolute atomic E-state index is 6.87. The Balaban J connectivity index is 0.964. The molecular weight excluding hydrogens is 773 g/mol. The van der Waals surface area contributed by atoms with E-state index in [4.69, 9.17) is 13.3 Å². The molecule has 63 heavy (non-hydrogen) atoms. The highest BCUT2D eigenvalue weighted by atomic mass is 16.4. The Hall–Kier alpha value is -8.54. The minimum atomic E-state index is 0.764. The molecule has 3 aromatic heterocycles. The van der Waals surface area contributed by atoms with Crippen LogP contribution in [0.5, 0.6) is 0 Å². The molecule has 3 heterocycles. The summed E-state index contributed by atoms with van der Waals surface area (Å²) < 4.78 is 20.3. The molecule has 0 aliphatic rings. The average molecular weight is 811 g/mol. The van der Waals surface area contributed by atoms with Crippen molar-refractivity contribution in [3.63, 3.8) is 0 Å². The lowest BCUT2D eigenvalue weighted by Gasteiger charge is -2.25. The fourth-order valence-corrected chi connectivity index (χ4v) is 8.83. The van der Waals surface area contributed by atoms with E-state index in [1.807, 2.05) is 42.5 Å². The highest BCUT2D eigenvalue weighted by Gasteiger charge is 2.22. The number of furan rings is 3. The fraction of sp³-hybridized carbons (Fsp3) is 0. The molecule has 298 valence electrons. The van der Waals surface area contributed by atoms with Crippen LogP contribution in [-0.4, -0.2) is 0 Å². The van der Waals surface area contributed by atoms with E-state index in [1.54, 1.807) is 0 Å². The highest BCUT2D eigenvalue weighted by molar-refractivity contribution is 6.25. The Kier molecular flexibility index (Phi) is 8.75. The van der Waals surface area contributed by atoms with E-state index in [0.29, 0.717) is 0 Å². The molecule has 9 aromatic carbocycles. The summed E-state index contributed by atoms with van der Waals surface area (Å²) in [6, 6.07) is 79.9. The van der Waals surface area contributed by atoms with Crippen molar-refractivity contribution >= 4 is 77.8 Å². The third kappa shape index (κ3) is 6.51. The van der Waals surface area contributed by atoms with E-state index in [1.165, 1.54) is 0 Å². The van der Waals surface area contributed by atoms with Crippen LogP contribution in [0.2, 0.25) is 0 Å². The van der Waals surface area contributed by atoms with Gasteiger partial charge in [-0.25, -0.2) is 0 Å². The van der Waals surface area contributed by atoms with Crippen LogP contribution < -0.4 is 9.80 Å². The summed E-state index contributed by atoms with van der Waals surface area (Å²) in [6.07, 6.45) is 0. The number of benzene rings is 9. The second kappa shape index (κ2) is 15.2. The first-order valence-corrected chi connectivity index (χ1v) is 21.1. The molecule has 12 aromatic rings. The first kappa shape index (κ1) is 36.3. The Morgan fingerprint density at radius 1 is 0.254 bits per heavy atom. The molecule has 0 aliphatic carbocycles. The number of hydrogen-bond acceptors (Lipinski definition) is 5. The van der Waals surface area contributed by atoms with Gasteiger partial charge in [-0.05, 0) is 133 Å². The zero-order valence-corrected chi connectivity index (χ0v) is 34.1. The van der Waals surface area contributed by atoms with Crippen LogP contribution in [0, 0.1) is 0 Å². The Morgan fingerprint density at radius 3 is 1.05 bits per heavy atom. The number of rotatable bonds is 9. The normalized spacial score (nSPS) is 11.5. The van der Waals surface area contributed by atoms with Gasteiger partial charge in [0.05, 0.1) is 5.39 Å². The smallest absolute Gasteiger partial charge is 0.146 e. The van der Waals surface area contributed by atoms with Crippen LogP contribution >= 0.6 is 0 Å². The molecule has 0 unspecified atom stereocenters. The summed E-state index contributed by atoms with van der Waals surface area (Å²) in [4.78, 5) is 4.52. The number of para-hydroxylation sites is 4. The Morgan fingerprint density at radius 2 is 0.603 bits per heavy atom. The summed E-state index contributed by atoms with van der Waals surface area (Å²) in [5.74, 6) is 2.36. The molecule has 0 saturated carbocycles. The first-order valence-electron chi connectivity index (χ1n) is 21.1. The summed E-state index contributed by atoms with van der Waals surface area (Å²) in [7, 11) is 0. The van der Waals surface area contributed by atoms with E-state index in [-0.39, 0.29) is 0 Å². The van der Waals surface area contributed by atoms with Gasteiger partial charge in [0.1, 0.15) is 34.0 Å². The van der Waals surface area contributed by atoms with Gasteiger partial charge in [0, 0.05) is 67.0 Å². The predicted octanol–water partition coefficient (Wildman–Crippen LogP) is 17.0. The van der Waals surface area contributed by atoms with Gasteiger partial charge in [-0.15, -0.1) is 0 Å². The van der Waals surface area contributed by atoms with Crippen LogP contribution in [0.4, 0.5) is 34.1 Å². The standard InChI is InChI=1S/C58H38N2O3/c1-6-16-39(17-7-1)55-38-52-57-50(36-54(62-57)41-28-32-48(33-29-41)60(45-22-12-4-13-23-45)46-24-14-5-15-25-46)49-34-42-35-53(61-56(42)37-51(49)58(52)63-55)40-26-30-47(31-27-40)59(43-18-8-2-9-19-43)44-20-10-3-11-21-44/h1-38H. The lowest BCUT2D eigenvalue weighted by molar-refractivity contribution is 0.627. The van der Waals surface area contributed by atoms with E-state index in [9.17, 15) is 0 Å². The van der Waals surface area contributed by atoms with E-state index in [0.717, 1.165) is 112 Å². The average Bonchev–Trinajstić information content (AvgIpc) is 4.12. The van der Waals surface area contributed by atoms with Crippen molar-refractivity contribution in [2.75, 3.05) is 9.80 Å². The molecule has 0 radical (unpaired) electrons. The summed E-state index contributed by atoms with van der Waals surface area (Å²) >= 11 is 0. The van der Waals surface area contributed by atoms with Gasteiger partial charge in [0.2, 0.25) is 0 Å². The fourth-order valence-electron chi connectivity index (χ4n) is 8.83. The van der Waals surface area contributed by atoms with Crippen LogP contribution in [0.3, 0.4) is 0 Å². The van der Waals surface area contributed by atoms with Gasteiger partial charge >= 0.3 is 0 Å². The maximum Gasteiger partial charge on any atom is 0.146 e. The largest absolute Gasteiger partial charge is 0.456 e. The zero-order valence-electron chi connectivity index (χ0n) is 34.1. The second-order valence-electron chi connectivity index (χ2n) is 15.7. The molecule has 0 saturated heterocycles. The SMILES string of the molecule is c1ccc(-c2cc3c4oc(-c5ccc(N(c6ccccc6)c6ccccc6)cc5)cc4c4cc5cc(-c6ccc(N(c7ccccc7)c7ccccc7)cc6)oc5cc4c3o2)cc1. The van der Waals surface area contributed by atoms with Crippen molar-refractivity contribution in [1.29, 1.82) is 0 Å². The van der Waals surface area contributed by atoms with Crippen molar-refractivity contribution in [2.24, 2.45) is 0 Å². The van der Waals surface area contributed by atoms with Crippen molar-refractivity contribution in [1.82, 2.24) is 0 Å². The number of nitrogens with zero attached hydrogens (tertiary/aromatic N) is 2. The van der Waals surface area contributed by atoms with Crippen LogP contribution in [0.15, 0.2) is 244 Å². The van der Waals surface area contributed by atoms with E-state index < -0.39 is 0 Å². The van der Waals surface area contributed by atoms with Gasteiger partial charge in [-0.1, -0.05) is 103 Å². The topological polar surface area (TPSA) is 45.9 Å². The zero-order chi connectivity index (χ0) is 41.7. The second-order valence-corrected chi connectivity index (χ2v) is 15.7. The first-order chi connectivity index (χ1) is 31.2. The lowest BCUT2D eigenvalue weighted by atomic mass is 10.0. The van der Waals surface area contributed by atoms with Crippen molar-refractivity contribution in [3.05, 3.63) is 231 Å². The van der Waals surface area contributed by atoms with Gasteiger partial charge in [0.25, 0.3) is 0 Å². The van der Waals surface area contributed by atoms with Gasteiger partial charge in [-0.3, -0.25) is 0 Å². The third-order valence-electron chi connectivity index (χ3n) is 11.8. The van der Waals surface area contributed by atoms with Gasteiger partial charge < -0.3 is 23.1 Å². The minimum Gasteiger partial charge on any atom is -0.456 e. The molecule has 5 nitrogen and oxygen atoms in total. The number of anilines is 6. The number of hydrogen-bond donors (Lipinski definition) is 0. The lowest BCUT2D eigenvalue weighted by Crippen LogP contribution is -2.09. The summed E-state index contributed by atoms with van der Waals surface area (Å²) in [5, 5.41) is 4.94. The molecule has 0 aliphatic heterocycles. The summed E-state index contributed by atoms with van der Waals surface area (Å²) in [5.41, 5.74) is 11.8. The molecule has 0 amide bonds. The Bertz CT molecular complexity index is 3440. The van der Waals surface area contributed by atoms with Crippen LogP contribution in [0.1, 0.15) is 0 Å². The predicted molar refractivity (Wildman–Crippen MR) is 259 cm³/mol. The van der Waals surface area contributed by atoms with Crippen molar-refractivity contribution in [3.8, 4) is 34.0 Å². The summed E-state index contributed by atoms with van der Waals surface area (Å²) in [6.45, 7) is 0. The molecular formula is C58H38N2O3. The highest BCUT2D eigenvalue weighted by Crippen LogP contribution is 2.45. The van der Waals surface area contributed by atoms with Crippen LogP contribution in [-0.2, 0) is 0 Å². The van der Waals surface area contributed by atoms with Gasteiger partial charge in [0.15, 0.2) is 0 Å². The quantitative estimate of drug-likeness (QED) is 0.145. The Labute approximate surface area is 363 Å². The molecule has 0 atom stereocenters. The van der Waals surface area contributed by atoms with Gasteiger partial charge in [-0.2, -0.15) is 0 Å². The molecule has 5 heteroatoms. The molecule has 0 bridgehead atoms. The van der Waals surface area contributed by atoms with Crippen LogP contribution in [0.25, 0.3) is 77.7 Å². The van der Waals surface area contributed by atoms with Crippen molar-refractivity contribution < 1.29 is 13.3 Å². The minimum absolute atomic E-state index is 0.764. The molecule has 0 spiro atoms. The third-order valence-corrected chi connectivity index (χ3v) is 11.8. The monoisotopic (exact) mass is 810 g/mol. The molecule has 0 fully saturated rings. The maximum atomic E-state index is 6.87. The van der Waals surface area contributed by atoms with Crippen molar-refractivity contribution in [2.45, 2.75) is 0 Å². The number of fused-ring (bicyclic) bond motifs is 7.